The predicted molar refractivity (Wildman–Crippen MR) is 90.5 cm³/mol. The van der Waals surface area contributed by atoms with Crippen LogP contribution in [-0.2, 0) is 4.79 Å². The second-order valence-corrected chi connectivity index (χ2v) is 6.12. The number of hydrogen-bond donors (Lipinski definition) is 0. The molecule has 0 radical (unpaired) electrons. The molecule has 2 aromatic carbocycles. The number of aromatic nitrogens is 2. The Morgan fingerprint density at radius 3 is 2.58 bits per heavy atom. The molecule has 0 N–H and O–H groups in total. The molecule has 0 aliphatic carbocycles. The van der Waals surface area contributed by atoms with Crippen LogP contribution in [-0.4, -0.2) is 21.7 Å². The van der Waals surface area contributed by atoms with Crippen LogP contribution in [0, 0.1) is 0 Å². The van der Waals surface area contributed by atoms with Crippen molar-refractivity contribution in [2.75, 3.05) is 5.75 Å². The molecular formula is C18H11N2O3S-. The van der Waals surface area contributed by atoms with Gasteiger partial charge in [-0.25, -0.2) is 9.97 Å². The SMILES string of the molecule is O=C([O-])CSc1nc(-c2ccccc2)nc2c1oc1ccccc12. The van der Waals surface area contributed by atoms with Crippen molar-refractivity contribution in [1.82, 2.24) is 9.97 Å². The fourth-order valence-electron chi connectivity index (χ4n) is 2.51. The van der Waals surface area contributed by atoms with Crippen molar-refractivity contribution in [3.63, 3.8) is 0 Å². The number of carboxylic acid groups (broad SMARTS) is 1. The molecular weight excluding hydrogens is 324 g/mol. The molecule has 0 amide bonds. The molecule has 0 bridgehead atoms. The number of para-hydroxylation sites is 1. The average molecular weight is 335 g/mol. The summed E-state index contributed by atoms with van der Waals surface area (Å²) in [5.41, 5.74) is 2.74. The van der Waals surface area contributed by atoms with Crippen LogP contribution in [0.25, 0.3) is 33.5 Å². The second kappa shape index (κ2) is 5.98. The number of thioether (sulfide) groups is 1. The summed E-state index contributed by atoms with van der Waals surface area (Å²) in [5, 5.41) is 12.2. The van der Waals surface area contributed by atoms with Crippen molar-refractivity contribution in [1.29, 1.82) is 0 Å². The fraction of sp³-hybridized carbons (Fsp3) is 0.0556. The molecule has 0 aliphatic rings. The van der Waals surface area contributed by atoms with Gasteiger partial charge in [0.1, 0.15) is 16.1 Å². The van der Waals surface area contributed by atoms with Gasteiger partial charge in [0.05, 0.1) is 5.97 Å². The Hall–Kier alpha value is -2.86. The maximum absolute atomic E-state index is 10.8. The molecule has 0 fully saturated rings. The second-order valence-electron chi connectivity index (χ2n) is 5.16. The summed E-state index contributed by atoms with van der Waals surface area (Å²) in [5.74, 6) is -0.808. The predicted octanol–water partition coefficient (Wildman–Crippen LogP) is 2.89. The number of furan rings is 1. The van der Waals surface area contributed by atoms with Gasteiger partial charge < -0.3 is 14.3 Å². The molecule has 24 heavy (non-hydrogen) atoms. The number of fused-ring (bicyclic) bond motifs is 3. The zero-order valence-corrected chi connectivity index (χ0v) is 13.2. The van der Waals surface area contributed by atoms with Crippen molar-refractivity contribution < 1.29 is 14.3 Å². The molecule has 4 aromatic rings. The zero-order chi connectivity index (χ0) is 16.5. The third-order valence-electron chi connectivity index (χ3n) is 3.55. The van der Waals surface area contributed by atoms with Crippen molar-refractivity contribution in [2.24, 2.45) is 0 Å². The summed E-state index contributed by atoms with van der Waals surface area (Å²) in [4.78, 5) is 20.0. The number of rotatable bonds is 4. The van der Waals surface area contributed by atoms with Crippen LogP contribution in [0.4, 0.5) is 0 Å². The summed E-state index contributed by atoms with van der Waals surface area (Å²) < 4.78 is 5.85. The summed E-state index contributed by atoms with van der Waals surface area (Å²) >= 11 is 1.08. The first-order valence-electron chi connectivity index (χ1n) is 7.30. The van der Waals surface area contributed by atoms with E-state index in [1.807, 2.05) is 54.6 Å². The smallest absolute Gasteiger partial charge is 0.186 e. The van der Waals surface area contributed by atoms with Crippen LogP contribution in [0.15, 0.2) is 64.0 Å². The molecule has 2 aromatic heterocycles. The first kappa shape index (κ1) is 14.7. The van der Waals surface area contributed by atoms with E-state index in [-0.39, 0.29) is 5.75 Å². The van der Waals surface area contributed by atoms with Crippen LogP contribution in [0.1, 0.15) is 0 Å². The summed E-state index contributed by atoms with van der Waals surface area (Å²) in [6, 6.07) is 17.1. The largest absolute Gasteiger partial charge is 0.549 e. The van der Waals surface area contributed by atoms with E-state index in [0.717, 1.165) is 22.7 Å². The maximum Gasteiger partial charge on any atom is 0.186 e. The minimum Gasteiger partial charge on any atom is -0.549 e. The van der Waals surface area contributed by atoms with Gasteiger partial charge in [-0.15, -0.1) is 0 Å². The van der Waals surface area contributed by atoms with Crippen molar-refractivity contribution in [3.8, 4) is 11.4 Å². The van der Waals surface area contributed by atoms with E-state index in [4.69, 9.17) is 4.42 Å². The lowest BCUT2D eigenvalue weighted by Crippen LogP contribution is -2.24. The number of hydrogen-bond acceptors (Lipinski definition) is 6. The van der Waals surface area contributed by atoms with Gasteiger partial charge in [0.15, 0.2) is 11.4 Å². The molecule has 118 valence electrons. The van der Waals surface area contributed by atoms with Crippen LogP contribution in [0.3, 0.4) is 0 Å². The molecule has 0 atom stereocenters. The molecule has 2 heterocycles. The number of nitrogens with zero attached hydrogens (tertiary/aromatic N) is 2. The van der Waals surface area contributed by atoms with Crippen LogP contribution in [0.5, 0.6) is 0 Å². The van der Waals surface area contributed by atoms with E-state index in [2.05, 4.69) is 9.97 Å². The molecule has 0 spiro atoms. The van der Waals surface area contributed by atoms with E-state index in [1.54, 1.807) is 0 Å². The summed E-state index contributed by atoms with van der Waals surface area (Å²) in [6.45, 7) is 0. The monoisotopic (exact) mass is 335 g/mol. The third kappa shape index (κ3) is 2.61. The topological polar surface area (TPSA) is 79.0 Å². The highest BCUT2D eigenvalue weighted by Gasteiger charge is 2.16. The van der Waals surface area contributed by atoms with Crippen molar-refractivity contribution >= 4 is 39.8 Å². The number of carbonyl (C=O) groups is 1. The number of carboxylic acids is 1. The number of carbonyl (C=O) groups excluding carboxylic acids is 1. The molecule has 0 saturated carbocycles. The lowest BCUT2D eigenvalue weighted by Gasteiger charge is -2.06. The molecule has 6 heteroatoms. The Bertz CT molecular complexity index is 1040. The van der Waals surface area contributed by atoms with Gasteiger partial charge in [-0.05, 0) is 12.1 Å². The molecule has 0 saturated heterocycles. The van der Waals surface area contributed by atoms with E-state index in [0.29, 0.717) is 27.5 Å². The normalized spacial score (nSPS) is 11.2. The first-order chi connectivity index (χ1) is 11.7. The average Bonchev–Trinajstić information content (AvgIpc) is 2.99. The van der Waals surface area contributed by atoms with Gasteiger partial charge in [0.25, 0.3) is 0 Å². The summed E-state index contributed by atoms with van der Waals surface area (Å²) in [7, 11) is 0. The van der Waals surface area contributed by atoms with Crippen LogP contribution < -0.4 is 5.11 Å². The van der Waals surface area contributed by atoms with E-state index in [9.17, 15) is 9.90 Å². The Morgan fingerprint density at radius 2 is 1.79 bits per heavy atom. The molecule has 5 nitrogen and oxygen atoms in total. The van der Waals surface area contributed by atoms with Gasteiger partial charge in [0.2, 0.25) is 0 Å². The Balaban J connectivity index is 1.97. The molecule has 0 unspecified atom stereocenters. The minimum absolute atomic E-state index is 0.197. The molecule has 0 aliphatic heterocycles. The third-order valence-corrected chi connectivity index (χ3v) is 4.48. The first-order valence-corrected chi connectivity index (χ1v) is 8.28. The highest BCUT2D eigenvalue weighted by molar-refractivity contribution is 8.00. The Morgan fingerprint density at radius 1 is 1.04 bits per heavy atom. The highest BCUT2D eigenvalue weighted by Crippen LogP contribution is 2.34. The van der Waals surface area contributed by atoms with Gasteiger partial charge in [0, 0.05) is 16.7 Å². The standard InChI is InChI=1S/C18H12N2O3S/c21-14(22)10-24-18-16-15(12-8-4-5-9-13(12)23-16)19-17(20-18)11-6-2-1-3-7-11/h1-9H,10H2,(H,21,22)/p-1. The lowest BCUT2D eigenvalue weighted by molar-refractivity contribution is -0.301. The highest BCUT2D eigenvalue weighted by atomic mass is 32.2. The Kier molecular flexibility index (Phi) is 3.66. The van der Waals surface area contributed by atoms with Crippen molar-refractivity contribution in [3.05, 3.63) is 54.6 Å². The minimum atomic E-state index is -1.15. The van der Waals surface area contributed by atoms with E-state index in [1.165, 1.54) is 0 Å². The maximum atomic E-state index is 10.8. The van der Waals surface area contributed by atoms with Gasteiger partial charge >= 0.3 is 0 Å². The summed E-state index contributed by atoms with van der Waals surface area (Å²) in [6.07, 6.45) is 0. The number of benzene rings is 2. The number of aliphatic carboxylic acids is 1. The lowest BCUT2D eigenvalue weighted by atomic mass is 10.2. The zero-order valence-electron chi connectivity index (χ0n) is 12.4. The van der Waals surface area contributed by atoms with E-state index >= 15 is 0 Å². The van der Waals surface area contributed by atoms with Crippen LogP contribution >= 0.6 is 11.8 Å². The fourth-order valence-corrected chi connectivity index (χ4v) is 3.18. The van der Waals surface area contributed by atoms with Gasteiger partial charge in [-0.3, -0.25) is 0 Å². The quantitative estimate of drug-likeness (QED) is 0.421. The van der Waals surface area contributed by atoms with Crippen molar-refractivity contribution in [2.45, 2.75) is 5.03 Å². The van der Waals surface area contributed by atoms with Gasteiger partial charge in [-0.1, -0.05) is 54.2 Å². The van der Waals surface area contributed by atoms with Crippen LogP contribution in [0.2, 0.25) is 0 Å². The van der Waals surface area contributed by atoms with E-state index < -0.39 is 5.97 Å². The Labute approximate surface area is 141 Å². The van der Waals surface area contributed by atoms with Gasteiger partial charge in [-0.2, -0.15) is 0 Å². The molecule has 4 rings (SSSR count).